The Morgan fingerprint density at radius 2 is 1.75 bits per heavy atom. The predicted molar refractivity (Wildman–Crippen MR) is 122 cm³/mol. The van der Waals surface area contributed by atoms with Gasteiger partial charge >= 0.3 is 0 Å². The molecule has 2 heterocycles. The second kappa shape index (κ2) is 11.1. The van der Waals surface area contributed by atoms with Gasteiger partial charge in [0, 0.05) is 12.6 Å². The number of hydrogen-bond acceptors (Lipinski definition) is 6. The number of methoxy groups -OCH3 is 1. The van der Waals surface area contributed by atoms with Crippen LogP contribution in [0, 0.1) is 0 Å². The van der Waals surface area contributed by atoms with Crippen LogP contribution in [0.3, 0.4) is 0 Å². The molecule has 0 bridgehead atoms. The van der Waals surface area contributed by atoms with Crippen molar-refractivity contribution in [3.8, 4) is 23.0 Å². The van der Waals surface area contributed by atoms with Crippen molar-refractivity contribution in [3.05, 3.63) is 48.0 Å². The van der Waals surface area contributed by atoms with Crippen molar-refractivity contribution < 1.29 is 23.7 Å². The Morgan fingerprint density at radius 3 is 2.50 bits per heavy atom. The molecule has 7 nitrogen and oxygen atoms in total. The number of rotatable bonds is 10. The van der Waals surface area contributed by atoms with Crippen molar-refractivity contribution in [1.82, 2.24) is 10.2 Å². The maximum atomic E-state index is 12.7. The number of likely N-dealkylation sites (tertiary alicyclic amines) is 1. The van der Waals surface area contributed by atoms with Crippen molar-refractivity contribution in [2.75, 3.05) is 46.6 Å². The first-order chi connectivity index (χ1) is 15.7. The molecule has 0 radical (unpaired) electrons. The summed E-state index contributed by atoms with van der Waals surface area (Å²) in [7, 11) is 1.63. The molecule has 1 fully saturated rings. The minimum atomic E-state index is 0.000233. The fourth-order valence-electron chi connectivity index (χ4n) is 4.17. The van der Waals surface area contributed by atoms with E-state index in [2.05, 4.69) is 16.3 Å². The highest BCUT2D eigenvalue weighted by Crippen LogP contribution is 2.31. The van der Waals surface area contributed by atoms with E-state index in [4.69, 9.17) is 18.9 Å². The van der Waals surface area contributed by atoms with Gasteiger partial charge in [-0.05, 0) is 74.3 Å². The number of nitrogens with zero attached hydrogens (tertiary/aromatic N) is 1. The Morgan fingerprint density at radius 1 is 1.03 bits per heavy atom. The van der Waals surface area contributed by atoms with Crippen molar-refractivity contribution in [2.24, 2.45) is 0 Å². The monoisotopic (exact) mass is 440 g/mol. The summed E-state index contributed by atoms with van der Waals surface area (Å²) < 4.78 is 22.2. The van der Waals surface area contributed by atoms with Crippen LogP contribution in [0.4, 0.5) is 0 Å². The third-order valence-electron chi connectivity index (χ3n) is 5.79. The number of carbonyl (C=O) groups is 1. The Balaban J connectivity index is 1.31. The zero-order valence-electron chi connectivity index (χ0n) is 18.7. The predicted octanol–water partition coefficient (Wildman–Crippen LogP) is 3.06. The number of carbonyl (C=O) groups excluding carboxylic acids is 1. The van der Waals surface area contributed by atoms with Gasteiger partial charge in [-0.1, -0.05) is 6.07 Å². The van der Waals surface area contributed by atoms with Gasteiger partial charge in [0.1, 0.15) is 24.7 Å². The minimum Gasteiger partial charge on any atom is -0.497 e. The average molecular weight is 441 g/mol. The minimum absolute atomic E-state index is 0.000233. The lowest BCUT2D eigenvalue weighted by Crippen LogP contribution is -2.44. The quantitative estimate of drug-likeness (QED) is 0.613. The first-order valence-corrected chi connectivity index (χ1v) is 11.4. The van der Waals surface area contributed by atoms with E-state index in [-0.39, 0.29) is 11.9 Å². The molecule has 2 aliphatic rings. The molecular formula is C25H32N2O5. The summed E-state index contributed by atoms with van der Waals surface area (Å²) in [5.41, 5.74) is 1.13. The molecule has 0 saturated carbocycles. The van der Waals surface area contributed by atoms with E-state index in [1.54, 1.807) is 7.11 Å². The van der Waals surface area contributed by atoms with Gasteiger partial charge in [-0.2, -0.15) is 0 Å². The molecular weight excluding hydrogens is 408 g/mol. The van der Waals surface area contributed by atoms with Crippen molar-refractivity contribution in [1.29, 1.82) is 0 Å². The van der Waals surface area contributed by atoms with E-state index in [1.165, 1.54) is 12.8 Å². The molecule has 7 heteroatoms. The molecule has 2 aromatic rings. The van der Waals surface area contributed by atoms with E-state index in [0.29, 0.717) is 26.2 Å². The van der Waals surface area contributed by atoms with Crippen molar-refractivity contribution in [2.45, 2.75) is 31.7 Å². The topological polar surface area (TPSA) is 69.3 Å². The molecule has 1 saturated heterocycles. The molecule has 0 aliphatic carbocycles. The lowest BCUT2D eigenvalue weighted by atomic mass is 10.0. The molecule has 0 aromatic heterocycles. The molecule has 1 N–H and O–H groups in total. The molecule has 0 spiro atoms. The average Bonchev–Trinajstić information content (AvgIpc) is 3.32. The summed E-state index contributed by atoms with van der Waals surface area (Å²) in [6.45, 7) is 4.51. The second-order valence-electron chi connectivity index (χ2n) is 8.23. The fourth-order valence-corrected chi connectivity index (χ4v) is 4.17. The Hall–Kier alpha value is -2.93. The molecule has 1 amide bonds. The lowest BCUT2D eigenvalue weighted by molar-refractivity contribution is -0.122. The number of ether oxygens (including phenoxy) is 4. The Kier molecular flexibility index (Phi) is 7.72. The molecule has 172 valence electrons. The van der Waals surface area contributed by atoms with Gasteiger partial charge in [0.15, 0.2) is 11.5 Å². The summed E-state index contributed by atoms with van der Waals surface area (Å²) in [6, 6.07) is 13.5. The van der Waals surface area contributed by atoms with Crippen LogP contribution in [-0.2, 0) is 11.2 Å². The van der Waals surface area contributed by atoms with Gasteiger partial charge in [0.05, 0.1) is 20.1 Å². The summed E-state index contributed by atoms with van der Waals surface area (Å²) in [4.78, 5) is 15.1. The van der Waals surface area contributed by atoms with Crippen LogP contribution in [0.1, 0.15) is 24.8 Å². The first-order valence-electron chi connectivity index (χ1n) is 11.4. The largest absolute Gasteiger partial charge is 0.497 e. The first kappa shape index (κ1) is 22.3. The highest BCUT2D eigenvalue weighted by Gasteiger charge is 2.21. The number of fused-ring (bicyclic) bond motifs is 1. The van der Waals surface area contributed by atoms with Gasteiger partial charge in [-0.25, -0.2) is 0 Å². The van der Waals surface area contributed by atoms with E-state index < -0.39 is 0 Å². The van der Waals surface area contributed by atoms with Crippen LogP contribution >= 0.6 is 0 Å². The third-order valence-corrected chi connectivity index (χ3v) is 5.79. The number of benzene rings is 2. The summed E-state index contributed by atoms with van der Waals surface area (Å²) in [5, 5.41) is 3.22. The fraction of sp³-hybridized carbons (Fsp3) is 0.480. The highest BCUT2D eigenvalue weighted by atomic mass is 16.6. The van der Waals surface area contributed by atoms with Crippen LogP contribution in [0.15, 0.2) is 42.5 Å². The lowest BCUT2D eigenvalue weighted by Gasteiger charge is -2.25. The zero-order chi connectivity index (χ0) is 22.2. The van der Waals surface area contributed by atoms with Gasteiger partial charge in [-0.15, -0.1) is 0 Å². The summed E-state index contributed by atoms with van der Waals surface area (Å²) in [5.74, 6) is 3.08. The van der Waals surface area contributed by atoms with Gasteiger partial charge in [0.25, 0.3) is 0 Å². The van der Waals surface area contributed by atoms with E-state index >= 15 is 0 Å². The molecule has 1 atom stereocenters. The van der Waals surface area contributed by atoms with E-state index in [9.17, 15) is 4.79 Å². The van der Waals surface area contributed by atoms with E-state index in [0.717, 1.165) is 54.6 Å². The number of nitrogens with one attached hydrogen (secondary N) is 1. The van der Waals surface area contributed by atoms with Crippen LogP contribution < -0.4 is 24.3 Å². The van der Waals surface area contributed by atoms with Crippen LogP contribution in [0.5, 0.6) is 23.0 Å². The number of hydrogen-bond donors (Lipinski definition) is 1. The standard InChI is InChI=1S/C25H32N2O5/c1-29-21-5-7-22(8-6-21)30-13-10-25(28)26-20(18-27-11-2-3-12-27)16-19-4-9-23-24(17-19)32-15-14-31-23/h4-9,17,20H,2-3,10-16,18H2,1H3,(H,26,28). The second-order valence-corrected chi connectivity index (χ2v) is 8.23. The molecule has 4 rings (SSSR count). The normalized spacial score (nSPS) is 16.4. The van der Waals surface area contributed by atoms with Crippen molar-refractivity contribution >= 4 is 5.91 Å². The van der Waals surface area contributed by atoms with Crippen LogP contribution in [-0.4, -0.2) is 63.4 Å². The number of amides is 1. The Labute approximate surface area is 189 Å². The molecule has 2 aromatic carbocycles. The summed E-state index contributed by atoms with van der Waals surface area (Å²) in [6.07, 6.45) is 3.50. The van der Waals surface area contributed by atoms with Gasteiger partial charge in [-0.3, -0.25) is 4.79 Å². The molecule has 1 unspecified atom stereocenters. The maximum Gasteiger partial charge on any atom is 0.223 e. The molecule has 32 heavy (non-hydrogen) atoms. The van der Waals surface area contributed by atoms with Gasteiger partial charge < -0.3 is 29.2 Å². The molecule has 2 aliphatic heterocycles. The smallest absolute Gasteiger partial charge is 0.223 e. The van der Waals surface area contributed by atoms with E-state index in [1.807, 2.05) is 36.4 Å². The third kappa shape index (κ3) is 6.29. The maximum absolute atomic E-state index is 12.7. The Bertz CT molecular complexity index is 880. The highest BCUT2D eigenvalue weighted by molar-refractivity contribution is 5.76. The SMILES string of the molecule is COc1ccc(OCCC(=O)NC(Cc2ccc3c(c2)OCCO3)CN2CCCC2)cc1. The van der Waals surface area contributed by atoms with Crippen molar-refractivity contribution in [3.63, 3.8) is 0 Å². The zero-order valence-corrected chi connectivity index (χ0v) is 18.7. The summed E-state index contributed by atoms with van der Waals surface area (Å²) >= 11 is 0. The van der Waals surface area contributed by atoms with Gasteiger partial charge in [0.2, 0.25) is 5.91 Å². The van der Waals surface area contributed by atoms with Crippen LogP contribution in [0.25, 0.3) is 0 Å². The van der Waals surface area contributed by atoms with Crippen LogP contribution in [0.2, 0.25) is 0 Å².